The Bertz CT molecular complexity index is 781. The topological polar surface area (TPSA) is 50.1 Å². The van der Waals surface area contributed by atoms with E-state index in [0.29, 0.717) is 6.54 Å². The summed E-state index contributed by atoms with van der Waals surface area (Å²) in [6, 6.07) is 14.5. The highest BCUT2D eigenvalue weighted by molar-refractivity contribution is 5.83. The van der Waals surface area contributed by atoms with Crippen LogP contribution in [-0.2, 0) is 7.05 Å². The first-order valence-corrected chi connectivity index (χ1v) is 8.06. The minimum atomic E-state index is -0.523. The van der Waals surface area contributed by atoms with Crippen molar-refractivity contribution in [3.63, 3.8) is 0 Å². The molecule has 4 nitrogen and oxygen atoms in total. The zero-order valence-electron chi connectivity index (χ0n) is 13.6. The largest absolute Gasteiger partial charge is 0.387 e. The summed E-state index contributed by atoms with van der Waals surface area (Å²) in [5, 5.41) is 20.5. The van der Waals surface area contributed by atoms with Crippen LogP contribution in [0.25, 0.3) is 10.8 Å². The number of aliphatic hydroxyl groups is 1. The highest BCUT2D eigenvalue weighted by Gasteiger charge is 2.14. The zero-order chi connectivity index (χ0) is 16.2. The minimum Gasteiger partial charge on any atom is -0.387 e. The summed E-state index contributed by atoms with van der Waals surface area (Å²) in [6.07, 6.45) is 4.33. The summed E-state index contributed by atoms with van der Waals surface area (Å²) in [4.78, 5) is 0. The molecule has 2 N–H and O–H groups in total. The number of aromatic nitrogens is 2. The van der Waals surface area contributed by atoms with E-state index in [1.54, 1.807) is 4.68 Å². The van der Waals surface area contributed by atoms with E-state index < -0.39 is 6.10 Å². The van der Waals surface area contributed by atoms with Crippen LogP contribution in [0.4, 0.5) is 0 Å². The molecule has 0 amide bonds. The van der Waals surface area contributed by atoms with Crippen LogP contribution >= 0.6 is 0 Å². The van der Waals surface area contributed by atoms with Gasteiger partial charge in [0, 0.05) is 31.4 Å². The minimum absolute atomic E-state index is 0.207. The predicted octanol–water partition coefficient (Wildman–Crippen LogP) is 3.35. The number of nitrogens with zero attached hydrogens (tertiary/aromatic N) is 2. The van der Waals surface area contributed by atoms with E-state index in [1.165, 1.54) is 5.39 Å². The zero-order valence-corrected chi connectivity index (χ0v) is 13.6. The molecule has 2 atom stereocenters. The van der Waals surface area contributed by atoms with Crippen molar-refractivity contribution in [1.29, 1.82) is 0 Å². The summed E-state index contributed by atoms with van der Waals surface area (Å²) in [6.45, 7) is 2.65. The molecule has 0 radical (unpaired) electrons. The lowest BCUT2D eigenvalue weighted by Crippen LogP contribution is -2.26. The molecule has 0 saturated carbocycles. The summed E-state index contributed by atoms with van der Waals surface area (Å²) in [7, 11) is 1.92. The number of aryl methyl sites for hydroxylation is 1. The normalized spacial score (nSPS) is 14.0. The monoisotopic (exact) mass is 309 g/mol. The van der Waals surface area contributed by atoms with Crippen LogP contribution in [0.15, 0.2) is 54.9 Å². The lowest BCUT2D eigenvalue weighted by molar-refractivity contribution is 0.169. The molecule has 120 valence electrons. The second-order valence-electron chi connectivity index (χ2n) is 5.94. The number of benzene rings is 2. The fourth-order valence-corrected chi connectivity index (χ4v) is 2.90. The van der Waals surface area contributed by atoms with Crippen molar-refractivity contribution in [2.75, 3.05) is 6.54 Å². The summed E-state index contributed by atoms with van der Waals surface area (Å²) in [5.74, 6) is 0. The molecule has 0 fully saturated rings. The maximum absolute atomic E-state index is 10.5. The SMILES string of the molecule is CCC(NCC(O)c1ccc2ccccc2c1)c1cnn(C)c1. The molecule has 3 aromatic rings. The average Bonchev–Trinajstić information content (AvgIpc) is 3.01. The Labute approximate surface area is 136 Å². The van der Waals surface area contributed by atoms with Gasteiger partial charge in [0.1, 0.15) is 0 Å². The van der Waals surface area contributed by atoms with Gasteiger partial charge in [0.15, 0.2) is 0 Å². The Hall–Kier alpha value is -2.17. The van der Waals surface area contributed by atoms with Gasteiger partial charge < -0.3 is 10.4 Å². The number of nitrogens with one attached hydrogen (secondary N) is 1. The first kappa shape index (κ1) is 15.7. The third-order valence-corrected chi connectivity index (χ3v) is 4.25. The Kier molecular flexibility index (Phi) is 4.74. The van der Waals surface area contributed by atoms with Crippen LogP contribution in [0.1, 0.15) is 36.6 Å². The van der Waals surface area contributed by atoms with Gasteiger partial charge >= 0.3 is 0 Å². The molecule has 23 heavy (non-hydrogen) atoms. The molecular weight excluding hydrogens is 286 g/mol. The number of hydrogen-bond donors (Lipinski definition) is 2. The summed E-state index contributed by atoms with van der Waals surface area (Å²) >= 11 is 0. The summed E-state index contributed by atoms with van der Waals surface area (Å²) in [5.41, 5.74) is 2.10. The quantitative estimate of drug-likeness (QED) is 0.734. The second-order valence-corrected chi connectivity index (χ2v) is 5.94. The van der Waals surface area contributed by atoms with Crippen molar-refractivity contribution in [1.82, 2.24) is 15.1 Å². The van der Waals surface area contributed by atoms with Crippen molar-refractivity contribution >= 4 is 10.8 Å². The van der Waals surface area contributed by atoms with Crippen LogP contribution in [0.2, 0.25) is 0 Å². The molecule has 0 spiro atoms. The van der Waals surface area contributed by atoms with E-state index >= 15 is 0 Å². The van der Waals surface area contributed by atoms with Crippen LogP contribution < -0.4 is 5.32 Å². The van der Waals surface area contributed by atoms with E-state index in [1.807, 2.05) is 37.6 Å². The van der Waals surface area contributed by atoms with E-state index in [2.05, 4.69) is 41.6 Å². The number of hydrogen-bond acceptors (Lipinski definition) is 3. The molecule has 2 aromatic carbocycles. The highest BCUT2D eigenvalue weighted by atomic mass is 16.3. The molecule has 0 aliphatic carbocycles. The van der Waals surface area contributed by atoms with Crippen LogP contribution in [-0.4, -0.2) is 21.4 Å². The van der Waals surface area contributed by atoms with Crippen LogP contribution in [0.5, 0.6) is 0 Å². The summed E-state index contributed by atoms with van der Waals surface area (Å²) < 4.78 is 1.80. The van der Waals surface area contributed by atoms with Crippen LogP contribution in [0, 0.1) is 0 Å². The van der Waals surface area contributed by atoms with Crippen molar-refractivity contribution in [2.45, 2.75) is 25.5 Å². The number of aliphatic hydroxyl groups excluding tert-OH is 1. The third kappa shape index (κ3) is 3.60. The van der Waals surface area contributed by atoms with Crippen molar-refractivity contribution in [2.24, 2.45) is 7.05 Å². The van der Waals surface area contributed by atoms with Gasteiger partial charge in [-0.05, 0) is 28.8 Å². The molecule has 0 aliphatic rings. The first-order chi connectivity index (χ1) is 11.2. The highest BCUT2D eigenvalue weighted by Crippen LogP contribution is 2.21. The lowest BCUT2D eigenvalue weighted by atomic mass is 10.0. The fourth-order valence-electron chi connectivity index (χ4n) is 2.90. The first-order valence-electron chi connectivity index (χ1n) is 8.06. The molecule has 1 aromatic heterocycles. The Morgan fingerprint density at radius 1 is 1.13 bits per heavy atom. The Morgan fingerprint density at radius 2 is 1.91 bits per heavy atom. The van der Waals surface area contributed by atoms with Gasteiger partial charge in [0.2, 0.25) is 0 Å². The smallest absolute Gasteiger partial charge is 0.0914 e. The fraction of sp³-hybridized carbons (Fsp3) is 0.316. The van der Waals surface area contributed by atoms with Gasteiger partial charge in [-0.1, -0.05) is 43.3 Å². The maximum Gasteiger partial charge on any atom is 0.0914 e. The van der Waals surface area contributed by atoms with Gasteiger partial charge in [0.25, 0.3) is 0 Å². The molecular formula is C19H23N3O. The average molecular weight is 309 g/mol. The molecule has 0 bridgehead atoms. The van der Waals surface area contributed by atoms with Crippen LogP contribution in [0.3, 0.4) is 0 Å². The van der Waals surface area contributed by atoms with E-state index in [9.17, 15) is 5.11 Å². The van der Waals surface area contributed by atoms with E-state index in [0.717, 1.165) is 22.9 Å². The molecule has 2 unspecified atom stereocenters. The van der Waals surface area contributed by atoms with E-state index in [4.69, 9.17) is 0 Å². The second kappa shape index (κ2) is 6.94. The van der Waals surface area contributed by atoms with Gasteiger partial charge in [-0.25, -0.2) is 0 Å². The number of fused-ring (bicyclic) bond motifs is 1. The standard InChI is InChI=1S/C19H23N3O/c1-3-18(17-11-21-22(2)13-17)20-12-19(23)16-9-8-14-6-4-5-7-15(14)10-16/h4-11,13,18-20,23H,3,12H2,1-2H3. The van der Waals surface area contributed by atoms with Crippen molar-refractivity contribution in [3.05, 3.63) is 66.0 Å². The van der Waals surface area contributed by atoms with E-state index in [-0.39, 0.29) is 6.04 Å². The molecule has 0 aliphatic heterocycles. The Balaban J connectivity index is 1.68. The maximum atomic E-state index is 10.5. The Morgan fingerprint density at radius 3 is 2.61 bits per heavy atom. The van der Waals surface area contributed by atoms with Crippen molar-refractivity contribution < 1.29 is 5.11 Å². The predicted molar refractivity (Wildman–Crippen MR) is 93.2 cm³/mol. The molecule has 1 heterocycles. The number of rotatable bonds is 6. The molecule has 0 saturated heterocycles. The lowest BCUT2D eigenvalue weighted by Gasteiger charge is -2.19. The third-order valence-electron chi connectivity index (χ3n) is 4.25. The van der Waals surface area contributed by atoms with Gasteiger partial charge in [0.05, 0.1) is 12.3 Å². The van der Waals surface area contributed by atoms with Gasteiger partial charge in [-0.15, -0.1) is 0 Å². The molecule has 4 heteroatoms. The molecule has 3 rings (SSSR count). The van der Waals surface area contributed by atoms with Crippen molar-refractivity contribution in [3.8, 4) is 0 Å². The van der Waals surface area contributed by atoms with Gasteiger partial charge in [-0.3, -0.25) is 4.68 Å². The van der Waals surface area contributed by atoms with Gasteiger partial charge in [-0.2, -0.15) is 5.10 Å².